The molecule has 1 aliphatic rings. The van der Waals surface area contributed by atoms with E-state index < -0.39 is 35.5 Å². The number of ether oxygens (including phenoxy) is 2. The van der Waals surface area contributed by atoms with E-state index in [0.29, 0.717) is 11.3 Å². The van der Waals surface area contributed by atoms with E-state index in [1.807, 2.05) is 84.9 Å². The predicted octanol–water partition coefficient (Wildman–Crippen LogP) is 5.11. The fourth-order valence-electron chi connectivity index (χ4n) is 4.98. The van der Waals surface area contributed by atoms with Gasteiger partial charge < -0.3 is 15.0 Å². The van der Waals surface area contributed by atoms with Gasteiger partial charge in [-0.1, -0.05) is 72.8 Å². The van der Waals surface area contributed by atoms with Crippen LogP contribution in [0.3, 0.4) is 0 Å². The largest absolute Gasteiger partial charge is 0.497 e. The number of carbonyl (C=O) groups is 2. The van der Waals surface area contributed by atoms with Crippen LogP contribution in [0.4, 0.5) is 5.69 Å². The standard InChI is InChI=1S/C30H25N3O5/c1-36-22-17-15-20(16-18-22)29-25(28(34)26(32-31)30(35)37-2)27(33(38-29)21-11-4-3-5-12-21)24-14-8-10-19-9-6-7-13-23(19)24/h3-18,25,27,29H,1-2H3/t25-,27+,29-/m1/s1. The predicted molar refractivity (Wildman–Crippen MR) is 142 cm³/mol. The highest BCUT2D eigenvalue weighted by atomic mass is 16.7. The number of anilines is 1. The van der Waals surface area contributed by atoms with Crippen molar-refractivity contribution in [3.05, 3.63) is 114 Å². The van der Waals surface area contributed by atoms with Gasteiger partial charge in [0.1, 0.15) is 11.9 Å². The number of hydrogen-bond donors (Lipinski definition) is 0. The van der Waals surface area contributed by atoms with Crippen LogP contribution in [0.15, 0.2) is 97.1 Å². The second-order valence-electron chi connectivity index (χ2n) is 8.80. The number of carbonyl (C=O) groups excluding carboxylic acids is 2. The van der Waals surface area contributed by atoms with Gasteiger partial charge in [0.05, 0.1) is 31.9 Å². The molecule has 0 saturated carbocycles. The Morgan fingerprint density at radius 3 is 2.24 bits per heavy atom. The molecule has 8 heteroatoms. The maximum Gasteiger partial charge on any atom is 0.441 e. The fourth-order valence-corrected chi connectivity index (χ4v) is 4.98. The Bertz CT molecular complexity index is 1530. The molecule has 38 heavy (non-hydrogen) atoms. The van der Waals surface area contributed by atoms with Gasteiger partial charge in [0.2, 0.25) is 0 Å². The summed E-state index contributed by atoms with van der Waals surface area (Å²) in [5, 5.41) is 3.62. The first kappa shape index (κ1) is 24.9. The van der Waals surface area contributed by atoms with Crippen LogP contribution in [0.2, 0.25) is 0 Å². The summed E-state index contributed by atoms with van der Waals surface area (Å²) < 4.78 is 10.1. The van der Waals surface area contributed by atoms with Crippen LogP contribution in [0.1, 0.15) is 23.3 Å². The first-order valence-corrected chi connectivity index (χ1v) is 12.0. The molecule has 0 spiro atoms. The molecular formula is C30H25N3O5. The van der Waals surface area contributed by atoms with Gasteiger partial charge in [-0.2, -0.15) is 4.79 Å². The summed E-state index contributed by atoms with van der Waals surface area (Å²) in [5.74, 6) is -2.05. The third kappa shape index (κ3) is 4.43. The van der Waals surface area contributed by atoms with Gasteiger partial charge in [-0.05, 0) is 46.2 Å². The number of methoxy groups -OCH3 is 2. The highest BCUT2D eigenvalue weighted by Crippen LogP contribution is 2.50. The Balaban J connectivity index is 1.75. The highest BCUT2D eigenvalue weighted by molar-refractivity contribution is 6.62. The van der Waals surface area contributed by atoms with Gasteiger partial charge in [0, 0.05) is 0 Å². The number of rotatable bonds is 7. The molecule has 0 unspecified atom stereocenters. The zero-order chi connectivity index (χ0) is 26.6. The molecule has 1 aliphatic heterocycles. The number of esters is 1. The van der Waals surface area contributed by atoms with E-state index in [2.05, 4.69) is 4.79 Å². The number of para-hydroxylation sites is 1. The Kier molecular flexibility index (Phi) is 7.00. The summed E-state index contributed by atoms with van der Waals surface area (Å²) in [6, 6.07) is 29.6. The van der Waals surface area contributed by atoms with Crippen molar-refractivity contribution in [3.63, 3.8) is 0 Å². The first-order valence-electron chi connectivity index (χ1n) is 12.0. The lowest BCUT2D eigenvalue weighted by Gasteiger charge is -2.27. The number of hydrogen-bond acceptors (Lipinski definition) is 6. The molecule has 0 amide bonds. The van der Waals surface area contributed by atoms with Crippen molar-refractivity contribution >= 4 is 33.9 Å². The summed E-state index contributed by atoms with van der Waals surface area (Å²) in [6.45, 7) is 0. The van der Waals surface area contributed by atoms with E-state index in [4.69, 9.17) is 14.3 Å². The zero-order valence-electron chi connectivity index (χ0n) is 20.9. The average molecular weight is 508 g/mol. The number of hydroxylamine groups is 1. The number of Topliss-reactive ketones (excluding diaryl/α,β-unsaturated/α-hetero) is 1. The molecule has 0 bridgehead atoms. The lowest BCUT2D eigenvalue weighted by atomic mass is 9.80. The molecule has 1 heterocycles. The normalized spacial score (nSPS) is 18.6. The molecule has 4 aromatic carbocycles. The Morgan fingerprint density at radius 1 is 0.868 bits per heavy atom. The Hall–Kier alpha value is -4.78. The van der Waals surface area contributed by atoms with Crippen LogP contribution in [0, 0.1) is 5.92 Å². The number of fused-ring (bicyclic) bond motifs is 1. The monoisotopic (exact) mass is 507 g/mol. The minimum absolute atomic E-state index is 0.646. The van der Waals surface area contributed by atoms with Crippen molar-refractivity contribution in [1.29, 1.82) is 0 Å². The zero-order valence-corrected chi connectivity index (χ0v) is 20.9. The number of nitrogens with zero attached hydrogens (tertiary/aromatic N) is 3. The molecule has 0 aliphatic carbocycles. The molecule has 5 rings (SSSR count). The van der Waals surface area contributed by atoms with Gasteiger partial charge in [-0.25, -0.2) is 9.86 Å². The van der Waals surface area contributed by atoms with Crippen LogP contribution in [-0.2, 0) is 19.2 Å². The van der Waals surface area contributed by atoms with Gasteiger partial charge in [0.15, 0.2) is 0 Å². The van der Waals surface area contributed by atoms with E-state index >= 15 is 0 Å². The summed E-state index contributed by atoms with van der Waals surface area (Å²) in [6.07, 6.45) is -0.820. The van der Waals surface area contributed by atoms with Crippen molar-refractivity contribution in [2.24, 2.45) is 5.92 Å². The maximum atomic E-state index is 14.1. The second kappa shape index (κ2) is 10.7. The van der Waals surface area contributed by atoms with Crippen LogP contribution in [0.25, 0.3) is 16.3 Å². The van der Waals surface area contributed by atoms with E-state index in [1.54, 1.807) is 24.3 Å². The minimum atomic E-state index is -1.03. The van der Waals surface area contributed by atoms with Gasteiger partial charge in [0.25, 0.3) is 5.78 Å². The highest BCUT2D eigenvalue weighted by Gasteiger charge is 2.54. The molecule has 190 valence electrons. The van der Waals surface area contributed by atoms with Crippen LogP contribution >= 0.6 is 0 Å². The van der Waals surface area contributed by atoms with Crippen molar-refractivity contribution < 1.29 is 28.7 Å². The molecule has 4 aromatic rings. The fraction of sp³-hybridized carbons (Fsp3) is 0.167. The molecule has 1 fully saturated rings. The van der Waals surface area contributed by atoms with Crippen molar-refractivity contribution in [2.45, 2.75) is 12.1 Å². The minimum Gasteiger partial charge on any atom is -0.497 e. The molecule has 1 saturated heterocycles. The smallest absolute Gasteiger partial charge is 0.441 e. The summed E-state index contributed by atoms with van der Waals surface area (Å²) in [4.78, 5) is 36.1. The molecule has 0 radical (unpaired) electrons. The molecule has 0 N–H and O–H groups in total. The first-order chi connectivity index (χ1) is 18.6. The average Bonchev–Trinajstić information content (AvgIpc) is 3.38. The van der Waals surface area contributed by atoms with E-state index in [1.165, 1.54) is 0 Å². The van der Waals surface area contributed by atoms with Crippen LogP contribution < -0.4 is 9.80 Å². The molecular weight excluding hydrogens is 482 g/mol. The van der Waals surface area contributed by atoms with Crippen molar-refractivity contribution in [1.82, 2.24) is 0 Å². The van der Waals surface area contributed by atoms with Crippen molar-refractivity contribution in [3.8, 4) is 5.75 Å². The number of ketones is 1. The second-order valence-corrected chi connectivity index (χ2v) is 8.80. The van der Waals surface area contributed by atoms with Gasteiger partial charge in [-0.3, -0.25) is 9.63 Å². The van der Waals surface area contributed by atoms with Gasteiger partial charge >= 0.3 is 11.7 Å². The maximum absolute atomic E-state index is 14.1. The Labute approximate surface area is 219 Å². The van der Waals surface area contributed by atoms with Crippen LogP contribution in [-0.4, -0.2) is 36.5 Å². The third-order valence-corrected chi connectivity index (χ3v) is 6.76. The van der Waals surface area contributed by atoms with E-state index in [9.17, 15) is 15.1 Å². The lowest BCUT2D eigenvalue weighted by molar-refractivity contribution is -0.140. The lowest BCUT2D eigenvalue weighted by Crippen LogP contribution is -2.37. The summed E-state index contributed by atoms with van der Waals surface area (Å²) >= 11 is 0. The number of benzene rings is 4. The molecule has 0 aromatic heterocycles. The van der Waals surface area contributed by atoms with E-state index in [0.717, 1.165) is 29.1 Å². The van der Waals surface area contributed by atoms with Crippen LogP contribution in [0.5, 0.6) is 5.75 Å². The molecule has 8 nitrogen and oxygen atoms in total. The van der Waals surface area contributed by atoms with Gasteiger partial charge in [-0.15, -0.1) is 0 Å². The van der Waals surface area contributed by atoms with Crippen molar-refractivity contribution in [2.75, 3.05) is 19.3 Å². The van der Waals surface area contributed by atoms with E-state index in [-0.39, 0.29) is 0 Å². The Morgan fingerprint density at radius 2 is 1.55 bits per heavy atom. The summed E-state index contributed by atoms with van der Waals surface area (Å²) in [5.41, 5.74) is 11.2. The summed E-state index contributed by atoms with van der Waals surface area (Å²) in [7, 11) is 2.70. The topological polar surface area (TPSA) is 101 Å². The quantitative estimate of drug-likeness (QED) is 0.113. The molecule has 3 atom stereocenters. The third-order valence-electron chi connectivity index (χ3n) is 6.76. The SMILES string of the molecule is COC(=O)C(=[N+]=[N-])C(=O)[C@@H]1[C@@H](c2ccc(OC)cc2)ON(c2ccccc2)[C@H]1c1cccc2ccccc12.